The predicted octanol–water partition coefficient (Wildman–Crippen LogP) is 2.75. The molecule has 20 heavy (non-hydrogen) atoms. The Morgan fingerprint density at radius 3 is 2.65 bits per heavy atom. The van der Waals surface area contributed by atoms with Crippen molar-refractivity contribution < 1.29 is 4.79 Å². The van der Waals surface area contributed by atoms with Crippen molar-refractivity contribution in [1.82, 2.24) is 15.1 Å². The molecule has 0 fully saturated rings. The summed E-state index contributed by atoms with van der Waals surface area (Å²) in [7, 11) is 1.83. The van der Waals surface area contributed by atoms with E-state index in [0.717, 1.165) is 17.7 Å². The summed E-state index contributed by atoms with van der Waals surface area (Å²) < 4.78 is 1.71. The summed E-state index contributed by atoms with van der Waals surface area (Å²) >= 11 is 5.81. The average Bonchev–Trinajstić information content (AvgIpc) is 2.70. The smallest absolute Gasteiger partial charge is 0.320 e. The Balaban J connectivity index is 1.76. The van der Waals surface area contributed by atoms with Gasteiger partial charge in [0.2, 0.25) is 0 Å². The fourth-order valence-electron chi connectivity index (χ4n) is 1.75. The third-order valence-corrected chi connectivity index (χ3v) is 3.22. The Hall–Kier alpha value is -2.01. The van der Waals surface area contributed by atoms with E-state index in [4.69, 9.17) is 11.6 Å². The normalized spacial score (nSPS) is 10.3. The molecule has 1 aromatic heterocycles. The Labute approximate surface area is 122 Å². The van der Waals surface area contributed by atoms with Crippen LogP contribution in [0.15, 0.2) is 30.3 Å². The first kappa shape index (κ1) is 14.4. The van der Waals surface area contributed by atoms with Crippen LogP contribution in [-0.2, 0) is 13.5 Å². The van der Waals surface area contributed by atoms with Gasteiger partial charge in [-0.3, -0.25) is 10.00 Å². The van der Waals surface area contributed by atoms with Gasteiger partial charge in [0.25, 0.3) is 0 Å². The van der Waals surface area contributed by atoms with Gasteiger partial charge in [-0.15, -0.1) is 0 Å². The zero-order chi connectivity index (χ0) is 14.5. The number of carbonyl (C=O) groups is 1. The van der Waals surface area contributed by atoms with Crippen molar-refractivity contribution >= 4 is 23.4 Å². The van der Waals surface area contributed by atoms with Crippen LogP contribution in [0.3, 0.4) is 0 Å². The van der Waals surface area contributed by atoms with E-state index in [1.165, 1.54) is 0 Å². The lowest BCUT2D eigenvalue weighted by Crippen LogP contribution is -2.30. The number of carbonyl (C=O) groups excluding carboxylic acids is 1. The highest BCUT2D eigenvalue weighted by Crippen LogP contribution is 2.09. The van der Waals surface area contributed by atoms with Crippen molar-refractivity contribution in [2.24, 2.45) is 7.05 Å². The molecule has 0 unspecified atom stereocenters. The van der Waals surface area contributed by atoms with Gasteiger partial charge in [0.15, 0.2) is 5.82 Å². The van der Waals surface area contributed by atoms with E-state index in [1.54, 1.807) is 4.68 Å². The van der Waals surface area contributed by atoms with E-state index < -0.39 is 0 Å². The number of hydrogen-bond donors (Lipinski definition) is 2. The highest BCUT2D eigenvalue weighted by Gasteiger charge is 2.05. The van der Waals surface area contributed by atoms with E-state index in [1.807, 2.05) is 44.3 Å². The standard InChI is InChI=1S/C14H17ClN4O/c1-10-9-13(18-19(10)2)17-14(20)16-8-7-11-3-5-12(15)6-4-11/h3-6,9H,7-8H2,1-2H3,(H2,16,17,18,20). The van der Waals surface area contributed by atoms with Crippen LogP contribution in [0, 0.1) is 6.92 Å². The third-order valence-electron chi connectivity index (χ3n) is 2.97. The predicted molar refractivity (Wildman–Crippen MR) is 80.1 cm³/mol. The minimum atomic E-state index is -0.253. The lowest BCUT2D eigenvalue weighted by Gasteiger charge is -2.05. The number of rotatable bonds is 4. The topological polar surface area (TPSA) is 59.0 Å². The van der Waals surface area contributed by atoms with Crippen LogP contribution in [0.1, 0.15) is 11.3 Å². The maximum atomic E-state index is 11.7. The largest absolute Gasteiger partial charge is 0.337 e. The van der Waals surface area contributed by atoms with Gasteiger partial charge < -0.3 is 5.32 Å². The molecule has 0 saturated carbocycles. The Kier molecular flexibility index (Phi) is 4.63. The molecular formula is C14H17ClN4O. The van der Waals surface area contributed by atoms with Gasteiger partial charge in [-0.1, -0.05) is 23.7 Å². The molecule has 5 nitrogen and oxygen atoms in total. The third kappa shape index (κ3) is 3.99. The molecule has 0 aliphatic rings. The van der Waals surface area contributed by atoms with Crippen LogP contribution in [0.2, 0.25) is 5.02 Å². The summed E-state index contributed by atoms with van der Waals surface area (Å²) in [5.74, 6) is 0.550. The number of anilines is 1. The lowest BCUT2D eigenvalue weighted by atomic mass is 10.1. The monoisotopic (exact) mass is 292 g/mol. The molecule has 2 aromatic rings. The first-order valence-corrected chi connectivity index (χ1v) is 6.72. The molecule has 2 rings (SSSR count). The van der Waals surface area contributed by atoms with Gasteiger partial charge in [0.05, 0.1) is 0 Å². The molecule has 1 heterocycles. The average molecular weight is 293 g/mol. The van der Waals surface area contributed by atoms with Gasteiger partial charge in [-0.05, 0) is 31.0 Å². The molecule has 0 radical (unpaired) electrons. The molecule has 6 heteroatoms. The summed E-state index contributed by atoms with van der Waals surface area (Å²) in [6.07, 6.45) is 0.756. The Bertz CT molecular complexity index is 572. The molecular weight excluding hydrogens is 276 g/mol. The molecule has 0 spiro atoms. The molecule has 0 aliphatic carbocycles. The quantitative estimate of drug-likeness (QED) is 0.910. The van der Waals surface area contributed by atoms with Gasteiger partial charge in [-0.2, -0.15) is 5.10 Å². The van der Waals surface area contributed by atoms with E-state index in [2.05, 4.69) is 15.7 Å². The molecule has 106 valence electrons. The first-order chi connectivity index (χ1) is 9.54. The second-order valence-corrected chi connectivity index (χ2v) is 4.99. The van der Waals surface area contributed by atoms with E-state index in [0.29, 0.717) is 17.4 Å². The van der Waals surface area contributed by atoms with Crippen LogP contribution >= 0.6 is 11.6 Å². The number of aryl methyl sites for hydroxylation is 2. The van der Waals surface area contributed by atoms with E-state index >= 15 is 0 Å². The highest BCUT2D eigenvalue weighted by molar-refractivity contribution is 6.30. The minimum absolute atomic E-state index is 0.253. The fraction of sp³-hybridized carbons (Fsp3) is 0.286. The maximum absolute atomic E-state index is 11.7. The maximum Gasteiger partial charge on any atom is 0.320 e. The van der Waals surface area contributed by atoms with Crippen LogP contribution in [0.5, 0.6) is 0 Å². The van der Waals surface area contributed by atoms with Crippen LogP contribution in [0.25, 0.3) is 0 Å². The van der Waals surface area contributed by atoms with Crippen LogP contribution < -0.4 is 10.6 Å². The van der Waals surface area contributed by atoms with Gasteiger partial charge in [-0.25, -0.2) is 4.79 Å². The summed E-state index contributed by atoms with van der Waals surface area (Å²) in [4.78, 5) is 11.7. The highest BCUT2D eigenvalue weighted by atomic mass is 35.5. The number of aromatic nitrogens is 2. The fourth-order valence-corrected chi connectivity index (χ4v) is 1.88. The number of urea groups is 1. The second kappa shape index (κ2) is 6.43. The second-order valence-electron chi connectivity index (χ2n) is 4.55. The van der Waals surface area contributed by atoms with E-state index in [9.17, 15) is 4.79 Å². The van der Waals surface area contributed by atoms with Crippen molar-refractivity contribution in [3.63, 3.8) is 0 Å². The van der Waals surface area contributed by atoms with Gasteiger partial charge >= 0.3 is 6.03 Å². The van der Waals surface area contributed by atoms with Crippen LogP contribution in [-0.4, -0.2) is 22.4 Å². The molecule has 2 N–H and O–H groups in total. The number of halogens is 1. The Morgan fingerprint density at radius 1 is 1.35 bits per heavy atom. The summed E-state index contributed by atoms with van der Waals surface area (Å²) in [6.45, 7) is 2.48. The van der Waals surface area contributed by atoms with Gasteiger partial charge in [0, 0.05) is 30.4 Å². The molecule has 0 atom stereocenters. The van der Waals surface area contributed by atoms with Crippen molar-refractivity contribution in [3.05, 3.63) is 46.6 Å². The Morgan fingerprint density at radius 2 is 2.05 bits per heavy atom. The number of nitrogens with zero attached hydrogens (tertiary/aromatic N) is 2. The zero-order valence-electron chi connectivity index (χ0n) is 11.5. The number of amides is 2. The number of hydrogen-bond acceptors (Lipinski definition) is 2. The molecule has 0 saturated heterocycles. The summed E-state index contributed by atoms with van der Waals surface area (Å²) in [5, 5.41) is 10.4. The van der Waals surface area contributed by atoms with Crippen molar-refractivity contribution in [2.75, 3.05) is 11.9 Å². The SMILES string of the molecule is Cc1cc(NC(=O)NCCc2ccc(Cl)cc2)nn1C. The minimum Gasteiger partial charge on any atom is -0.337 e. The lowest BCUT2D eigenvalue weighted by molar-refractivity contribution is 0.252. The van der Waals surface area contributed by atoms with E-state index in [-0.39, 0.29) is 6.03 Å². The summed E-state index contributed by atoms with van der Waals surface area (Å²) in [6, 6.07) is 9.14. The van der Waals surface area contributed by atoms with Crippen molar-refractivity contribution in [2.45, 2.75) is 13.3 Å². The summed E-state index contributed by atoms with van der Waals surface area (Å²) in [5.41, 5.74) is 2.12. The van der Waals surface area contributed by atoms with Crippen molar-refractivity contribution in [3.8, 4) is 0 Å². The molecule has 2 amide bonds. The molecule has 0 aliphatic heterocycles. The molecule has 0 bridgehead atoms. The molecule has 1 aromatic carbocycles. The van der Waals surface area contributed by atoms with Gasteiger partial charge in [0.1, 0.15) is 0 Å². The van der Waals surface area contributed by atoms with Crippen molar-refractivity contribution in [1.29, 1.82) is 0 Å². The van der Waals surface area contributed by atoms with Crippen LogP contribution in [0.4, 0.5) is 10.6 Å². The first-order valence-electron chi connectivity index (χ1n) is 6.34. The zero-order valence-corrected chi connectivity index (χ0v) is 12.2. The number of nitrogens with one attached hydrogen (secondary N) is 2. The number of benzene rings is 1.